The van der Waals surface area contributed by atoms with Crippen molar-refractivity contribution in [2.24, 2.45) is 0 Å². The molecule has 1 aliphatic carbocycles. The highest BCUT2D eigenvalue weighted by Gasteiger charge is 2.52. The van der Waals surface area contributed by atoms with Crippen molar-refractivity contribution >= 4 is 15.8 Å². The molecule has 1 aromatic carbocycles. The zero-order chi connectivity index (χ0) is 12.7. The molecule has 0 N–H and O–H groups in total. The van der Waals surface area contributed by atoms with Crippen molar-refractivity contribution in [3.05, 3.63) is 29.8 Å². The van der Waals surface area contributed by atoms with Gasteiger partial charge in [-0.2, -0.15) is 0 Å². The maximum absolute atomic E-state index is 11.7. The number of methoxy groups -OCH3 is 1. The van der Waals surface area contributed by atoms with Crippen LogP contribution in [-0.2, 0) is 24.8 Å². The van der Waals surface area contributed by atoms with Gasteiger partial charge in [0, 0.05) is 6.26 Å². The molecule has 0 atom stereocenters. The Morgan fingerprint density at radius 3 is 2.47 bits per heavy atom. The van der Waals surface area contributed by atoms with Gasteiger partial charge in [0.25, 0.3) is 0 Å². The van der Waals surface area contributed by atoms with Gasteiger partial charge in [-0.25, -0.2) is 8.42 Å². The second-order valence-electron chi connectivity index (χ2n) is 4.37. The van der Waals surface area contributed by atoms with Crippen molar-refractivity contribution in [2.45, 2.75) is 23.2 Å². The van der Waals surface area contributed by atoms with E-state index in [1.165, 1.54) is 13.2 Å². The summed E-state index contributed by atoms with van der Waals surface area (Å²) in [5, 5.41) is 0. The van der Waals surface area contributed by atoms with Crippen LogP contribution in [-0.4, -0.2) is 27.8 Å². The number of ether oxygens (including phenoxy) is 1. The Bertz CT molecular complexity index is 556. The molecule has 0 aliphatic heterocycles. The van der Waals surface area contributed by atoms with Crippen molar-refractivity contribution in [2.75, 3.05) is 13.4 Å². The highest BCUT2D eigenvalue weighted by Crippen LogP contribution is 2.49. The number of esters is 1. The van der Waals surface area contributed by atoms with Gasteiger partial charge >= 0.3 is 5.97 Å². The second kappa shape index (κ2) is 3.84. The molecular weight excluding hydrogens is 240 g/mol. The number of benzene rings is 1. The van der Waals surface area contributed by atoms with E-state index in [1.807, 2.05) is 0 Å². The maximum Gasteiger partial charge on any atom is 0.316 e. The number of rotatable bonds is 3. The topological polar surface area (TPSA) is 60.4 Å². The summed E-state index contributed by atoms with van der Waals surface area (Å²) >= 11 is 0. The van der Waals surface area contributed by atoms with Crippen LogP contribution in [0.15, 0.2) is 29.2 Å². The molecule has 5 heteroatoms. The van der Waals surface area contributed by atoms with Crippen molar-refractivity contribution in [3.8, 4) is 0 Å². The van der Waals surface area contributed by atoms with E-state index >= 15 is 0 Å². The van der Waals surface area contributed by atoms with Gasteiger partial charge in [0.2, 0.25) is 0 Å². The fraction of sp³-hybridized carbons (Fsp3) is 0.417. The van der Waals surface area contributed by atoms with E-state index in [-0.39, 0.29) is 10.9 Å². The summed E-state index contributed by atoms with van der Waals surface area (Å²) < 4.78 is 27.7. The molecule has 2 rings (SSSR count). The molecule has 0 aromatic heterocycles. The van der Waals surface area contributed by atoms with Gasteiger partial charge in [0.1, 0.15) is 0 Å². The van der Waals surface area contributed by atoms with Crippen LogP contribution in [0, 0.1) is 0 Å². The first kappa shape index (κ1) is 12.1. The molecule has 0 bridgehead atoms. The van der Waals surface area contributed by atoms with Gasteiger partial charge in [-0.1, -0.05) is 12.1 Å². The SMILES string of the molecule is COC(=O)C1(c2cccc(S(C)(=O)=O)c2)CC1. The van der Waals surface area contributed by atoms with Gasteiger partial charge in [0.15, 0.2) is 9.84 Å². The molecule has 0 amide bonds. The summed E-state index contributed by atoms with van der Waals surface area (Å²) in [5.74, 6) is -0.289. The zero-order valence-corrected chi connectivity index (χ0v) is 10.6. The Hall–Kier alpha value is -1.36. The average molecular weight is 254 g/mol. The van der Waals surface area contributed by atoms with Crippen LogP contribution in [0.1, 0.15) is 18.4 Å². The van der Waals surface area contributed by atoms with Crippen LogP contribution in [0.2, 0.25) is 0 Å². The molecule has 1 aliphatic rings. The highest BCUT2D eigenvalue weighted by molar-refractivity contribution is 7.90. The minimum Gasteiger partial charge on any atom is -0.468 e. The first-order valence-electron chi connectivity index (χ1n) is 5.29. The van der Waals surface area contributed by atoms with Crippen LogP contribution >= 0.6 is 0 Å². The number of carbonyl (C=O) groups is 1. The third-order valence-electron chi connectivity index (χ3n) is 3.14. The molecule has 0 spiro atoms. The standard InChI is InChI=1S/C12H14O4S/c1-16-11(13)12(6-7-12)9-4-3-5-10(8-9)17(2,14)15/h3-5,8H,6-7H2,1-2H3. The summed E-state index contributed by atoms with van der Waals surface area (Å²) in [4.78, 5) is 11.9. The van der Waals surface area contributed by atoms with Gasteiger partial charge in [-0.15, -0.1) is 0 Å². The first-order chi connectivity index (χ1) is 7.90. The fourth-order valence-corrected chi connectivity index (χ4v) is 2.62. The predicted octanol–water partition coefficient (Wildman–Crippen LogP) is 1.29. The minimum atomic E-state index is -3.24. The normalized spacial score (nSPS) is 17.5. The molecule has 0 radical (unpaired) electrons. The molecule has 0 heterocycles. The highest BCUT2D eigenvalue weighted by atomic mass is 32.2. The van der Waals surface area contributed by atoms with Crippen molar-refractivity contribution < 1.29 is 17.9 Å². The molecule has 1 fully saturated rings. The predicted molar refractivity (Wildman–Crippen MR) is 62.5 cm³/mol. The van der Waals surface area contributed by atoms with Gasteiger partial charge in [-0.3, -0.25) is 4.79 Å². The Morgan fingerprint density at radius 1 is 1.35 bits per heavy atom. The van der Waals surface area contributed by atoms with Crippen LogP contribution in [0.4, 0.5) is 0 Å². The molecule has 1 saturated carbocycles. The van der Waals surface area contributed by atoms with E-state index in [0.29, 0.717) is 12.8 Å². The molecule has 0 saturated heterocycles. The zero-order valence-electron chi connectivity index (χ0n) is 9.76. The van der Waals surface area contributed by atoms with E-state index in [2.05, 4.69) is 0 Å². The van der Waals surface area contributed by atoms with Crippen molar-refractivity contribution in [1.82, 2.24) is 0 Å². The lowest BCUT2D eigenvalue weighted by molar-refractivity contribution is -0.143. The number of hydrogen-bond acceptors (Lipinski definition) is 4. The number of sulfone groups is 1. The maximum atomic E-state index is 11.7. The Kier molecular flexibility index (Phi) is 2.73. The van der Waals surface area contributed by atoms with Crippen LogP contribution in [0.25, 0.3) is 0 Å². The lowest BCUT2D eigenvalue weighted by atomic mass is 9.96. The van der Waals surface area contributed by atoms with E-state index in [0.717, 1.165) is 11.8 Å². The third kappa shape index (κ3) is 2.07. The van der Waals surface area contributed by atoms with E-state index < -0.39 is 15.3 Å². The summed E-state index contributed by atoms with van der Waals surface area (Å²) in [6.45, 7) is 0. The van der Waals surface area contributed by atoms with E-state index in [1.54, 1.807) is 18.2 Å². The fourth-order valence-electron chi connectivity index (χ4n) is 1.96. The van der Waals surface area contributed by atoms with Crippen LogP contribution in [0.5, 0.6) is 0 Å². The lowest BCUT2D eigenvalue weighted by Crippen LogP contribution is -2.22. The number of carbonyl (C=O) groups excluding carboxylic acids is 1. The van der Waals surface area contributed by atoms with Crippen LogP contribution < -0.4 is 0 Å². The summed E-state index contributed by atoms with van der Waals surface area (Å²) in [7, 11) is -1.89. The molecular formula is C12H14O4S. The molecule has 92 valence electrons. The third-order valence-corrected chi connectivity index (χ3v) is 4.25. The summed E-state index contributed by atoms with van der Waals surface area (Å²) in [6.07, 6.45) is 2.59. The van der Waals surface area contributed by atoms with Crippen molar-refractivity contribution in [1.29, 1.82) is 0 Å². The van der Waals surface area contributed by atoms with Crippen molar-refractivity contribution in [3.63, 3.8) is 0 Å². The van der Waals surface area contributed by atoms with Gasteiger partial charge < -0.3 is 4.74 Å². The quantitative estimate of drug-likeness (QED) is 0.763. The Morgan fingerprint density at radius 2 is 2.00 bits per heavy atom. The van der Waals surface area contributed by atoms with Gasteiger partial charge in [0.05, 0.1) is 17.4 Å². The lowest BCUT2D eigenvalue weighted by Gasteiger charge is -2.13. The smallest absolute Gasteiger partial charge is 0.316 e. The summed E-state index contributed by atoms with van der Waals surface area (Å²) in [6, 6.07) is 6.54. The second-order valence-corrected chi connectivity index (χ2v) is 6.39. The molecule has 17 heavy (non-hydrogen) atoms. The Balaban J connectivity index is 2.45. The Labute approximate surface area is 101 Å². The first-order valence-corrected chi connectivity index (χ1v) is 7.18. The summed E-state index contributed by atoms with van der Waals surface area (Å²) in [5.41, 5.74) is 0.113. The number of hydrogen-bond donors (Lipinski definition) is 0. The monoisotopic (exact) mass is 254 g/mol. The van der Waals surface area contributed by atoms with Crippen LogP contribution in [0.3, 0.4) is 0 Å². The average Bonchev–Trinajstić information content (AvgIpc) is 3.08. The van der Waals surface area contributed by atoms with E-state index in [9.17, 15) is 13.2 Å². The molecule has 1 aromatic rings. The van der Waals surface area contributed by atoms with E-state index in [4.69, 9.17) is 4.74 Å². The van der Waals surface area contributed by atoms with Gasteiger partial charge in [-0.05, 0) is 30.5 Å². The molecule has 4 nitrogen and oxygen atoms in total. The largest absolute Gasteiger partial charge is 0.468 e. The molecule has 0 unspecified atom stereocenters. The minimum absolute atomic E-state index is 0.241.